The van der Waals surface area contributed by atoms with Crippen LogP contribution in [0, 0.1) is 23.1 Å². The van der Waals surface area contributed by atoms with Crippen LogP contribution in [-0.4, -0.2) is 85.0 Å². The van der Waals surface area contributed by atoms with E-state index in [2.05, 4.69) is 62.9 Å². The fraction of sp³-hybridized carbons (Fsp3) is 0.524. The van der Waals surface area contributed by atoms with Crippen molar-refractivity contribution < 1.29 is 27.8 Å². The van der Waals surface area contributed by atoms with Crippen LogP contribution in [0.25, 0.3) is 32.9 Å². The number of ether oxygens (including phenoxy) is 3. The first-order valence-corrected chi connectivity index (χ1v) is 22.5. The Morgan fingerprint density at radius 1 is 1.02 bits per heavy atom. The van der Waals surface area contributed by atoms with Crippen LogP contribution in [0.1, 0.15) is 80.7 Å². The molecule has 4 heterocycles. The Balaban J connectivity index is 1.52. The van der Waals surface area contributed by atoms with Crippen LogP contribution in [0.2, 0.25) is 16.6 Å². The van der Waals surface area contributed by atoms with Gasteiger partial charge in [0, 0.05) is 37.3 Å². The van der Waals surface area contributed by atoms with Crippen LogP contribution < -0.4 is 9.64 Å². The third-order valence-corrected chi connectivity index (χ3v) is 18.0. The molecule has 0 unspecified atom stereocenters. The van der Waals surface area contributed by atoms with E-state index in [9.17, 15) is 4.79 Å². The molecule has 1 amide bonds. The number of benzene rings is 2. The van der Waals surface area contributed by atoms with Crippen molar-refractivity contribution in [3.8, 4) is 28.5 Å². The number of methoxy groups -OCH3 is 1. The van der Waals surface area contributed by atoms with Crippen molar-refractivity contribution in [3.05, 3.63) is 47.7 Å². The average Bonchev–Trinajstić information content (AvgIpc) is 3.39. The van der Waals surface area contributed by atoms with Gasteiger partial charge in [0.25, 0.3) is 0 Å². The maximum absolute atomic E-state index is 17.3. The number of nitrogens with zero attached hydrogens (tertiary/aromatic N) is 5. The SMILES string of the molecule is COCOc1cc(-c2ncc3c(N4C[C@H]5CC[C@@H](C4)N5C(=O)OC(C)(C)C)nc(SC)nc3c2F)c2c(C#C[Si](C(C)C)(C(C)C)C(C)C)c(F)ccc2c1. The van der Waals surface area contributed by atoms with Gasteiger partial charge < -0.3 is 19.1 Å². The second kappa shape index (κ2) is 15.9. The molecule has 55 heavy (non-hydrogen) atoms. The van der Waals surface area contributed by atoms with Crippen LogP contribution in [0.3, 0.4) is 0 Å². The van der Waals surface area contributed by atoms with Crippen molar-refractivity contribution in [1.82, 2.24) is 19.9 Å². The molecule has 2 bridgehead atoms. The van der Waals surface area contributed by atoms with E-state index in [4.69, 9.17) is 24.2 Å². The Labute approximate surface area is 328 Å². The number of hydrogen-bond donors (Lipinski definition) is 0. The minimum atomic E-state index is -2.26. The number of piperazine rings is 1. The normalized spacial score (nSPS) is 17.5. The Kier molecular flexibility index (Phi) is 11.7. The number of amides is 1. The quantitative estimate of drug-likeness (QED) is 0.0541. The molecule has 0 N–H and O–H groups in total. The van der Waals surface area contributed by atoms with Crippen LogP contribution in [0.4, 0.5) is 19.4 Å². The summed E-state index contributed by atoms with van der Waals surface area (Å²) < 4.78 is 50.2. The third-order valence-electron chi connectivity index (χ3n) is 11.1. The summed E-state index contributed by atoms with van der Waals surface area (Å²) in [6, 6.07) is 6.38. The lowest BCUT2D eigenvalue weighted by Gasteiger charge is -2.42. The molecule has 6 rings (SSSR count). The molecule has 4 aromatic rings. The second-order valence-electron chi connectivity index (χ2n) is 16.6. The number of anilines is 1. The minimum absolute atomic E-state index is 0.000575. The van der Waals surface area contributed by atoms with Gasteiger partial charge in [-0.25, -0.2) is 23.5 Å². The maximum atomic E-state index is 17.3. The van der Waals surface area contributed by atoms with Gasteiger partial charge in [-0.05, 0) is 80.1 Å². The highest BCUT2D eigenvalue weighted by molar-refractivity contribution is 7.98. The van der Waals surface area contributed by atoms with Crippen molar-refractivity contribution in [3.63, 3.8) is 0 Å². The predicted octanol–water partition coefficient (Wildman–Crippen LogP) is 9.99. The molecule has 13 heteroatoms. The molecular formula is C42H53F2N5O4SSi. The van der Waals surface area contributed by atoms with Crippen molar-refractivity contribution in [2.45, 2.75) is 115 Å². The van der Waals surface area contributed by atoms with Gasteiger partial charge in [0.05, 0.1) is 23.0 Å². The summed E-state index contributed by atoms with van der Waals surface area (Å²) in [7, 11) is -0.744. The Morgan fingerprint density at radius 2 is 1.67 bits per heavy atom. The molecule has 2 aliphatic heterocycles. The summed E-state index contributed by atoms with van der Waals surface area (Å²) in [6.45, 7) is 19.9. The van der Waals surface area contributed by atoms with E-state index in [0.29, 0.717) is 68.2 Å². The van der Waals surface area contributed by atoms with Gasteiger partial charge in [0.15, 0.2) is 17.8 Å². The third kappa shape index (κ3) is 7.74. The number of pyridine rings is 1. The summed E-state index contributed by atoms with van der Waals surface area (Å²) in [6.07, 6.45) is 4.80. The Morgan fingerprint density at radius 3 is 2.25 bits per heavy atom. The van der Waals surface area contributed by atoms with Gasteiger partial charge in [-0.15, -0.1) is 5.54 Å². The number of thioether (sulfide) groups is 1. The van der Waals surface area contributed by atoms with Crippen molar-refractivity contribution in [2.75, 3.05) is 38.1 Å². The number of aromatic nitrogens is 3. The molecule has 0 saturated carbocycles. The van der Waals surface area contributed by atoms with Gasteiger partial charge in [0.2, 0.25) is 0 Å². The highest BCUT2D eigenvalue weighted by Crippen LogP contribution is 2.43. The standard InChI is InChI=1S/C42H53F2N5O4SSi/c1-24(2)55(25(3)4,26(5)6)17-16-31-34(43)15-12-27-18-30(52-23-51-10)19-32(35(27)31)37-36(44)38-33(20-45-37)39(47-40(46-38)54-11)48-21-28-13-14-29(22-48)49(28)41(50)53-42(7,8)9/h12,15,18-20,24-26,28-29H,13-14,21-23H2,1-11H3/t28-,29+. The van der Waals surface area contributed by atoms with E-state index in [0.717, 1.165) is 12.8 Å². The van der Waals surface area contributed by atoms with Crippen LogP contribution in [-0.2, 0) is 9.47 Å². The first-order chi connectivity index (χ1) is 26.0. The number of carbonyl (C=O) groups is 1. The maximum Gasteiger partial charge on any atom is 0.410 e. The van der Waals surface area contributed by atoms with Crippen LogP contribution in [0.15, 0.2) is 35.6 Å². The summed E-state index contributed by atoms with van der Waals surface area (Å²) in [4.78, 5) is 31.4. The molecule has 9 nitrogen and oxygen atoms in total. The van der Waals surface area contributed by atoms with E-state index in [1.165, 1.54) is 24.9 Å². The number of fused-ring (bicyclic) bond motifs is 4. The molecular weight excluding hydrogens is 737 g/mol. The fourth-order valence-corrected chi connectivity index (χ4v) is 14.3. The number of halogens is 2. The molecule has 2 aromatic carbocycles. The second-order valence-corrected chi connectivity index (χ2v) is 22.9. The average molecular weight is 790 g/mol. The minimum Gasteiger partial charge on any atom is -0.468 e. The molecule has 2 aliphatic rings. The van der Waals surface area contributed by atoms with Gasteiger partial charge in [0.1, 0.15) is 42.3 Å². The van der Waals surface area contributed by atoms with Crippen molar-refractivity contribution in [2.24, 2.45) is 0 Å². The van der Waals surface area contributed by atoms with Crippen LogP contribution in [0.5, 0.6) is 5.75 Å². The number of hydrogen-bond acceptors (Lipinski definition) is 9. The van der Waals surface area contributed by atoms with E-state index in [-0.39, 0.29) is 41.7 Å². The zero-order chi connectivity index (χ0) is 40.0. The first kappa shape index (κ1) is 40.7. The zero-order valence-corrected chi connectivity index (χ0v) is 35.7. The van der Waals surface area contributed by atoms with Crippen LogP contribution >= 0.6 is 11.8 Å². The monoisotopic (exact) mass is 789 g/mol. The Hall–Kier alpha value is -3.99. The highest BCUT2D eigenvalue weighted by Gasteiger charge is 2.45. The smallest absolute Gasteiger partial charge is 0.410 e. The molecule has 2 atom stereocenters. The highest BCUT2D eigenvalue weighted by atomic mass is 32.2. The van der Waals surface area contributed by atoms with Gasteiger partial charge in [-0.3, -0.25) is 9.88 Å². The zero-order valence-electron chi connectivity index (χ0n) is 33.8. The van der Waals surface area contributed by atoms with E-state index in [1.54, 1.807) is 24.4 Å². The summed E-state index contributed by atoms with van der Waals surface area (Å²) in [5.74, 6) is 3.16. The van der Waals surface area contributed by atoms with E-state index in [1.807, 2.05) is 31.9 Å². The largest absolute Gasteiger partial charge is 0.468 e. The lowest BCUT2D eigenvalue weighted by molar-refractivity contribution is 0.0122. The topological polar surface area (TPSA) is 89.9 Å². The molecule has 2 saturated heterocycles. The molecule has 2 fully saturated rings. The molecule has 0 aliphatic carbocycles. The van der Waals surface area contributed by atoms with Gasteiger partial charge >= 0.3 is 6.09 Å². The first-order valence-electron chi connectivity index (χ1n) is 19.1. The van der Waals surface area contributed by atoms with E-state index < -0.39 is 25.3 Å². The lowest BCUT2D eigenvalue weighted by atomic mass is 9.95. The summed E-state index contributed by atoms with van der Waals surface area (Å²) >= 11 is 1.32. The molecule has 0 spiro atoms. The Bertz CT molecular complexity index is 2130. The van der Waals surface area contributed by atoms with E-state index >= 15 is 8.78 Å². The summed E-state index contributed by atoms with van der Waals surface area (Å²) in [5.41, 5.74) is 4.72. The van der Waals surface area contributed by atoms with Crippen molar-refractivity contribution in [1.29, 1.82) is 0 Å². The predicted molar refractivity (Wildman–Crippen MR) is 219 cm³/mol. The van der Waals surface area contributed by atoms with Gasteiger partial charge in [-0.2, -0.15) is 0 Å². The van der Waals surface area contributed by atoms with Crippen molar-refractivity contribution >= 4 is 53.4 Å². The molecule has 0 radical (unpaired) electrons. The van der Waals surface area contributed by atoms with Gasteiger partial charge in [-0.1, -0.05) is 65.3 Å². The number of carbonyl (C=O) groups excluding carboxylic acids is 1. The lowest BCUT2D eigenvalue weighted by Crippen LogP contribution is -2.57. The molecule has 294 valence electrons. The summed E-state index contributed by atoms with van der Waals surface area (Å²) in [5, 5.41) is 1.94. The number of rotatable bonds is 9. The fourth-order valence-electron chi connectivity index (χ4n) is 8.77. The molecule has 2 aromatic heterocycles.